The molecule has 2 amide bonds. The molecule has 0 saturated heterocycles. The molecule has 1 aliphatic rings. The average Bonchev–Trinajstić information content (AvgIpc) is 3.29. The van der Waals surface area contributed by atoms with Crippen molar-refractivity contribution in [3.8, 4) is 5.75 Å². The highest BCUT2D eigenvalue weighted by atomic mass is 35.5. The topological polar surface area (TPSA) is 58.6 Å². The molecule has 0 bridgehead atoms. The van der Waals surface area contributed by atoms with Crippen molar-refractivity contribution in [2.75, 3.05) is 13.2 Å². The first kappa shape index (κ1) is 23.1. The van der Waals surface area contributed by atoms with Crippen LogP contribution in [0.3, 0.4) is 0 Å². The van der Waals surface area contributed by atoms with E-state index in [4.69, 9.17) is 16.3 Å². The lowest BCUT2D eigenvalue weighted by molar-refractivity contribution is -0.142. The summed E-state index contributed by atoms with van der Waals surface area (Å²) in [5.74, 6) is 0.168. The van der Waals surface area contributed by atoms with Crippen LogP contribution in [-0.2, 0) is 16.0 Å². The Morgan fingerprint density at radius 2 is 1.77 bits per heavy atom. The van der Waals surface area contributed by atoms with Gasteiger partial charge in [-0.1, -0.05) is 73.8 Å². The Morgan fingerprint density at radius 1 is 1.10 bits per heavy atom. The maximum absolute atomic E-state index is 13.2. The minimum Gasteiger partial charge on any atom is -0.482 e. The Kier molecular flexibility index (Phi) is 8.77. The molecule has 0 aromatic heterocycles. The number of benzene rings is 2. The molecule has 2 aromatic carbocycles. The van der Waals surface area contributed by atoms with Gasteiger partial charge in [-0.05, 0) is 43.4 Å². The van der Waals surface area contributed by atoms with E-state index in [1.807, 2.05) is 49.4 Å². The van der Waals surface area contributed by atoms with E-state index in [2.05, 4.69) is 5.32 Å². The average molecular weight is 443 g/mol. The number of halogens is 1. The van der Waals surface area contributed by atoms with Gasteiger partial charge in [-0.3, -0.25) is 9.59 Å². The van der Waals surface area contributed by atoms with Crippen LogP contribution in [0.25, 0.3) is 0 Å². The second kappa shape index (κ2) is 11.8. The normalized spacial score (nSPS) is 14.8. The van der Waals surface area contributed by atoms with Gasteiger partial charge in [0.2, 0.25) is 5.91 Å². The molecule has 0 heterocycles. The van der Waals surface area contributed by atoms with Crippen LogP contribution in [0.4, 0.5) is 0 Å². The highest BCUT2D eigenvalue weighted by molar-refractivity contribution is 6.32. The fourth-order valence-electron chi connectivity index (χ4n) is 4.05. The standard InChI is InChI=1S/C25H31ClN2O3/c1-2-22(25(30)27-20-12-6-7-13-20)28(17-16-19-10-4-3-5-11-19)24(29)18-31-23-15-9-8-14-21(23)26/h3-5,8-11,14-15,20,22H,2,6-7,12-13,16-18H2,1H3,(H,27,30). The van der Waals surface area contributed by atoms with Gasteiger partial charge in [-0.2, -0.15) is 0 Å². The van der Waals surface area contributed by atoms with Gasteiger partial charge in [0.15, 0.2) is 6.61 Å². The summed E-state index contributed by atoms with van der Waals surface area (Å²) in [5, 5.41) is 3.61. The second-order valence-electron chi connectivity index (χ2n) is 7.96. The van der Waals surface area contributed by atoms with Gasteiger partial charge in [0, 0.05) is 12.6 Å². The van der Waals surface area contributed by atoms with Crippen molar-refractivity contribution in [2.45, 2.75) is 57.5 Å². The number of amides is 2. The molecule has 31 heavy (non-hydrogen) atoms. The lowest BCUT2D eigenvalue weighted by atomic mass is 10.1. The number of carbonyl (C=O) groups excluding carboxylic acids is 2. The fraction of sp³-hybridized carbons (Fsp3) is 0.440. The smallest absolute Gasteiger partial charge is 0.261 e. The van der Waals surface area contributed by atoms with Crippen molar-refractivity contribution in [2.24, 2.45) is 0 Å². The summed E-state index contributed by atoms with van der Waals surface area (Å²) in [6.07, 6.45) is 5.52. The van der Waals surface area contributed by atoms with Gasteiger partial charge < -0.3 is 15.0 Å². The van der Waals surface area contributed by atoms with E-state index in [-0.39, 0.29) is 24.5 Å². The lowest BCUT2D eigenvalue weighted by Gasteiger charge is -2.31. The van der Waals surface area contributed by atoms with Gasteiger partial charge in [0.25, 0.3) is 5.91 Å². The monoisotopic (exact) mass is 442 g/mol. The summed E-state index contributed by atoms with van der Waals surface area (Å²) in [6.45, 7) is 2.23. The molecule has 2 aromatic rings. The molecule has 3 rings (SSSR count). The van der Waals surface area contributed by atoms with E-state index in [1.54, 1.807) is 17.0 Å². The van der Waals surface area contributed by atoms with Crippen LogP contribution in [-0.4, -0.2) is 41.9 Å². The summed E-state index contributed by atoms with van der Waals surface area (Å²) >= 11 is 6.15. The van der Waals surface area contributed by atoms with Crippen LogP contribution in [0.15, 0.2) is 54.6 Å². The molecule has 1 unspecified atom stereocenters. The lowest BCUT2D eigenvalue weighted by Crippen LogP contribution is -2.52. The zero-order valence-electron chi connectivity index (χ0n) is 18.1. The Bertz CT molecular complexity index is 853. The number of rotatable bonds is 10. The Labute approximate surface area is 189 Å². The van der Waals surface area contributed by atoms with Gasteiger partial charge in [0.05, 0.1) is 5.02 Å². The third-order valence-corrected chi connectivity index (χ3v) is 6.07. The van der Waals surface area contributed by atoms with Crippen LogP contribution >= 0.6 is 11.6 Å². The van der Waals surface area contributed by atoms with E-state index >= 15 is 0 Å². The summed E-state index contributed by atoms with van der Waals surface area (Å²) < 4.78 is 5.68. The third-order valence-electron chi connectivity index (χ3n) is 5.76. The molecule has 1 N–H and O–H groups in total. The molecular formula is C25H31ClN2O3. The van der Waals surface area contributed by atoms with Crippen molar-refractivity contribution in [3.63, 3.8) is 0 Å². The van der Waals surface area contributed by atoms with Crippen molar-refractivity contribution in [3.05, 3.63) is 65.2 Å². The third kappa shape index (κ3) is 6.73. The maximum Gasteiger partial charge on any atom is 0.261 e. The predicted octanol–water partition coefficient (Wildman–Crippen LogP) is 4.63. The number of ether oxygens (including phenoxy) is 1. The summed E-state index contributed by atoms with van der Waals surface area (Å²) in [7, 11) is 0. The van der Waals surface area contributed by atoms with Crippen LogP contribution in [0.2, 0.25) is 5.02 Å². The van der Waals surface area contributed by atoms with E-state index in [1.165, 1.54) is 0 Å². The van der Waals surface area contributed by atoms with Crippen LogP contribution in [0, 0.1) is 0 Å². The van der Waals surface area contributed by atoms with Crippen LogP contribution < -0.4 is 10.1 Å². The molecule has 0 spiro atoms. The number of hydrogen-bond acceptors (Lipinski definition) is 3. The summed E-state index contributed by atoms with van der Waals surface area (Å²) in [5.41, 5.74) is 1.12. The maximum atomic E-state index is 13.2. The van der Waals surface area contributed by atoms with Gasteiger partial charge in [-0.25, -0.2) is 0 Å². The first-order valence-electron chi connectivity index (χ1n) is 11.1. The van der Waals surface area contributed by atoms with Gasteiger partial charge >= 0.3 is 0 Å². The van der Waals surface area contributed by atoms with Crippen molar-refractivity contribution in [1.82, 2.24) is 10.2 Å². The zero-order valence-corrected chi connectivity index (χ0v) is 18.8. The Balaban J connectivity index is 1.70. The van der Waals surface area contributed by atoms with Crippen molar-refractivity contribution in [1.29, 1.82) is 0 Å². The molecule has 0 aliphatic heterocycles. The number of nitrogens with zero attached hydrogens (tertiary/aromatic N) is 1. The largest absolute Gasteiger partial charge is 0.482 e. The van der Waals surface area contributed by atoms with Gasteiger partial charge in [0.1, 0.15) is 11.8 Å². The Morgan fingerprint density at radius 3 is 2.45 bits per heavy atom. The predicted molar refractivity (Wildman–Crippen MR) is 123 cm³/mol. The first-order chi connectivity index (χ1) is 15.1. The highest BCUT2D eigenvalue weighted by Crippen LogP contribution is 2.23. The molecule has 1 atom stereocenters. The molecular weight excluding hydrogens is 412 g/mol. The molecule has 166 valence electrons. The minimum absolute atomic E-state index is 0.0754. The number of hydrogen-bond donors (Lipinski definition) is 1. The molecule has 1 aliphatic carbocycles. The second-order valence-corrected chi connectivity index (χ2v) is 8.36. The number of carbonyl (C=O) groups is 2. The van der Waals surface area contributed by atoms with Crippen molar-refractivity contribution >= 4 is 23.4 Å². The van der Waals surface area contributed by atoms with E-state index in [9.17, 15) is 9.59 Å². The first-order valence-corrected chi connectivity index (χ1v) is 11.5. The van der Waals surface area contributed by atoms with Crippen molar-refractivity contribution < 1.29 is 14.3 Å². The summed E-state index contributed by atoms with van der Waals surface area (Å²) in [4.78, 5) is 27.9. The van der Waals surface area contributed by atoms with Gasteiger partial charge in [-0.15, -0.1) is 0 Å². The molecule has 1 fully saturated rings. The SMILES string of the molecule is CCC(C(=O)NC1CCCC1)N(CCc1ccccc1)C(=O)COc1ccccc1Cl. The number of para-hydroxylation sites is 1. The zero-order chi connectivity index (χ0) is 22.1. The minimum atomic E-state index is -0.522. The molecule has 5 nitrogen and oxygen atoms in total. The van der Waals surface area contributed by atoms with Crippen LogP contribution in [0.1, 0.15) is 44.6 Å². The molecule has 6 heteroatoms. The molecule has 1 saturated carbocycles. The number of nitrogens with one attached hydrogen (secondary N) is 1. The van der Waals surface area contributed by atoms with E-state index < -0.39 is 6.04 Å². The van der Waals surface area contributed by atoms with E-state index in [0.29, 0.717) is 30.2 Å². The van der Waals surface area contributed by atoms with E-state index in [0.717, 1.165) is 31.2 Å². The van der Waals surface area contributed by atoms with Crippen LogP contribution in [0.5, 0.6) is 5.75 Å². The quantitative estimate of drug-likeness (QED) is 0.583. The Hall–Kier alpha value is -2.53. The fourth-order valence-corrected chi connectivity index (χ4v) is 4.24. The highest BCUT2D eigenvalue weighted by Gasteiger charge is 2.30. The molecule has 0 radical (unpaired) electrons. The summed E-state index contributed by atoms with van der Waals surface area (Å²) in [6, 6.07) is 16.7.